The Kier molecular flexibility index (Phi) is 5.55. The minimum atomic E-state index is -0.317. The Labute approximate surface area is 155 Å². The van der Waals surface area contributed by atoms with Gasteiger partial charge < -0.3 is 15.7 Å². The van der Waals surface area contributed by atoms with Gasteiger partial charge in [-0.1, -0.05) is 6.07 Å². The Morgan fingerprint density at radius 1 is 1.27 bits per heavy atom. The van der Waals surface area contributed by atoms with E-state index in [1.807, 2.05) is 37.3 Å². The zero-order valence-corrected chi connectivity index (χ0v) is 15.2. The van der Waals surface area contributed by atoms with Crippen LogP contribution in [-0.2, 0) is 0 Å². The maximum Gasteiger partial charge on any atom is 0.280 e. The van der Waals surface area contributed by atoms with Gasteiger partial charge in [0.15, 0.2) is 5.01 Å². The van der Waals surface area contributed by atoms with Crippen LogP contribution >= 0.6 is 11.3 Å². The minimum absolute atomic E-state index is 0.119. The monoisotopic (exact) mass is 369 g/mol. The van der Waals surface area contributed by atoms with Crippen molar-refractivity contribution in [2.24, 2.45) is 0 Å². The highest BCUT2D eigenvalue weighted by Crippen LogP contribution is 2.26. The van der Waals surface area contributed by atoms with E-state index in [2.05, 4.69) is 25.6 Å². The van der Waals surface area contributed by atoms with Crippen molar-refractivity contribution in [2.75, 3.05) is 11.9 Å². The quantitative estimate of drug-likeness (QED) is 0.618. The molecule has 0 aliphatic carbocycles. The van der Waals surface area contributed by atoms with Crippen LogP contribution in [0.4, 0.5) is 11.6 Å². The number of anilines is 2. The largest absolute Gasteiger partial charge is 0.394 e. The molecule has 0 saturated heterocycles. The maximum absolute atomic E-state index is 12.1. The number of nitrogens with one attached hydrogen (secondary N) is 2. The first kappa shape index (κ1) is 18.0. The summed E-state index contributed by atoms with van der Waals surface area (Å²) in [5.74, 6) is 1.08. The number of aliphatic hydroxyl groups excluding tert-OH is 1. The molecule has 0 aliphatic rings. The molecule has 3 heterocycles. The number of aryl methyl sites for hydroxylation is 1. The maximum atomic E-state index is 12.1. The second-order valence-corrected chi connectivity index (χ2v) is 6.87. The lowest BCUT2D eigenvalue weighted by Gasteiger charge is -2.08. The molecule has 3 N–H and O–H groups in total. The van der Waals surface area contributed by atoms with Crippen LogP contribution in [0.3, 0.4) is 0 Å². The SMILES string of the molecule is Cc1ccnc(Nc2cccc(-c3cnc(C(=O)NC(C)CO)s3)n2)c1. The minimum Gasteiger partial charge on any atom is -0.394 e. The Balaban J connectivity index is 1.77. The molecule has 0 radical (unpaired) electrons. The number of hydrogen-bond donors (Lipinski definition) is 3. The molecule has 0 spiro atoms. The van der Waals surface area contributed by atoms with Crippen molar-refractivity contribution in [3.8, 4) is 10.6 Å². The van der Waals surface area contributed by atoms with Crippen LogP contribution in [0.15, 0.2) is 42.7 Å². The third kappa shape index (κ3) is 4.41. The first-order valence-corrected chi connectivity index (χ1v) is 8.91. The molecule has 0 saturated carbocycles. The molecular weight excluding hydrogens is 350 g/mol. The van der Waals surface area contributed by atoms with Crippen molar-refractivity contribution in [3.63, 3.8) is 0 Å². The molecular formula is C18H19N5O2S. The van der Waals surface area contributed by atoms with Crippen molar-refractivity contribution in [2.45, 2.75) is 19.9 Å². The molecule has 26 heavy (non-hydrogen) atoms. The Morgan fingerprint density at radius 2 is 2.12 bits per heavy atom. The van der Waals surface area contributed by atoms with E-state index < -0.39 is 0 Å². The summed E-state index contributed by atoms with van der Waals surface area (Å²) in [5, 5.41) is 15.2. The standard InChI is InChI=1S/C18H19N5O2S/c1-11-6-7-19-16(8-11)23-15-5-3-4-13(22-15)14-9-20-18(26-14)17(25)21-12(2)10-24/h3-9,12,24H,10H2,1-2H3,(H,21,25)(H,19,22,23). The fourth-order valence-electron chi connectivity index (χ4n) is 2.21. The van der Waals surface area contributed by atoms with Gasteiger partial charge in [-0.25, -0.2) is 15.0 Å². The fourth-order valence-corrected chi connectivity index (χ4v) is 2.99. The van der Waals surface area contributed by atoms with E-state index >= 15 is 0 Å². The lowest BCUT2D eigenvalue weighted by atomic mass is 10.3. The normalized spacial score (nSPS) is 11.8. The molecule has 8 heteroatoms. The van der Waals surface area contributed by atoms with Gasteiger partial charge in [-0.15, -0.1) is 11.3 Å². The zero-order valence-electron chi connectivity index (χ0n) is 14.4. The Morgan fingerprint density at radius 3 is 2.88 bits per heavy atom. The molecule has 7 nitrogen and oxygen atoms in total. The summed E-state index contributed by atoms with van der Waals surface area (Å²) in [7, 11) is 0. The van der Waals surface area contributed by atoms with Crippen LogP contribution in [0, 0.1) is 6.92 Å². The van der Waals surface area contributed by atoms with Gasteiger partial charge in [0, 0.05) is 18.4 Å². The molecule has 0 aromatic carbocycles. The molecule has 0 bridgehead atoms. The average molecular weight is 369 g/mol. The average Bonchev–Trinajstić information content (AvgIpc) is 3.12. The number of nitrogens with zero attached hydrogens (tertiary/aromatic N) is 3. The van der Waals surface area contributed by atoms with E-state index in [1.165, 1.54) is 11.3 Å². The predicted octanol–water partition coefficient (Wildman–Crippen LogP) is 2.76. The number of thiazole rings is 1. The smallest absolute Gasteiger partial charge is 0.280 e. The second-order valence-electron chi connectivity index (χ2n) is 5.84. The first-order chi connectivity index (χ1) is 12.5. The lowest BCUT2D eigenvalue weighted by molar-refractivity contribution is 0.0922. The van der Waals surface area contributed by atoms with Gasteiger partial charge >= 0.3 is 0 Å². The van der Waals surface area contributed by atoms with E-state index in [9.17, 15) is 4.79 Å². The van der Waals surface area contributed by atoms with Gasteiger partial charge in [-0.05, 0) is 43.7 Å². The molecule has 1 amide bonds. The highest BCUT2D eigenvalue weighted by Gasteiger charge is 2.15. The van der Waals surface area contributed by atoms with Crippen molar-refractivity contribution >= 4 is 28.9 Å². The number of aromatic nitrogens is 3. The molecule has 3 rings (SSSR count). The van der Waals surface area contributed by atoms with Crippen molar-refractivity contribution in [1.82, 2.24) is 20.3 Å². The summed E-state index contributed by atoms with van der Waals surface area (Å²) >= 11 is 1.25. The molecule has 1 unspecified atom stereocenters. The zero-order chi connectivity index (χ0) is 18.5. The summed E-state index contributed by atoms with van der Waals surface area (Å²) in [5.41, 5.74) is 1.82. The molecule has 134 valence electrons. The lowest BCUT2D eigenvalue weighted by Crippen LogP contribution is -2.34. The first-order valence-electron chi connectivity index (χ1n) is 8.10. The van der Waals surface area contributed by atoms with Crippen LogP contribution in [0.5, 0.6) is 0 Å². The Hall–Kier alpha value is -2.84. The van der Waals surface area contributed by atoms with Crippen LogP contribution in [0.2, 0.25) is 0 Å². The van der Waals surface area contributed by atoms with E-state index in [1.54, 1.807) is 19.3 Å². The molecule has 3 aromatic heterocycles. The number of carbonyl (C=O) groups excluding carboxylic acids is 1. The van der Waals surface area contributed by atoms with Gasteiger partial charge in [0.05, 0.1) is 17.2 Å². The number of pyridine rings is 2. The van der Waals surface area contributed by atoms with Gasteiger partial charge in [0.2, 0.25) is 0 Å². The van der Waals surface area contributed by atoms with E-state index in [0.29, 0.717) is 10.8 Å². The topological polar surface area (TPSA) is 100 Å². The fraction of sp³-hybridized carbons (Fsp3) is 0.222. The van der Waals surface area contributed by atoms with E-state index in [0.717, 1.165) is 22.0 Å². The number of aliphatic hydroxyl groups is 1. The number of hydrogen-bond acceptors (Lipinski definition) is 7. The summed E-state index contributed by atoms with van der Waals surface area (Å²) < 4.78 is 0. The van der Waals surface area contributed by atoms with Gasteiger partial charge in [-0.2, -0.15) is 0 Å². The predicted molar refractivity (Wildman–Crippen MR) is 102 cm³/mol. The van der Waals surface area contributed by atoms with Crippen LogP contribution in [-0.4, -0.2) is 38.6 Å². The second kappa shape index (κ2) is 8.03. The van der Waals surface area contributed by atoms with E-state index in [4.69, 9.17) is 5.11 Å². The van der Waals surface area contributed by atoms with Crippen molar-refractivity contribution < 1.29 is 9.90 Å². The van der Waals surface area contributed by atoms with Crippen LogP contribution in [0.25, 0.3) is 10.6 Å². The number of carbonyl (C=O) groups is 1. The summed E-state index contributed by atoms with van der Waals surface area (Å²) in [6.07, 6.45) is 3.36. The van der Waals surface area contributed by atoms with Crippen LogP contribution < -0.4 is 10.6 Å². The Bertz CT molecular complexity index is 912. The molecule has 3 aromatic rings. The molecule has 0 fully saturated rings. The number of rotatable bonds is 6. The van der Waals surface area contributed by atoms with Crippen molar-refractivity contribution in [3.05, 3.63) is 53.3 Å². The molecule has 0 aliphatic heterocycles. The summed E-state index contributed by atoms with van der Waals surface area (Å²) in [6, 6.07) is 9.14. The van der Waals surface area contributed by atoms with Gasteiger partial charge in [-0.3, -0.25) is 4.79 Å². The highest BCUT2D eigenvalue weighted by molar-refractivity contribution is 7.16. The summed E-state index contributed by atoms with van der Waals surface area (Å²) in [4.78, 5) is 25.9. The molecule has 1 atom stereocenters. The van der Waals surface area contributed by atoms with Crippen LogP contribution in [0.1, 0.15) is 22.3 Å². The summed E-state index contributed by atoms with van der Waals surface area (Å²) in [6.45, 7) is 3.60. The highest BCUT2D eigenvalue weighted by atomic mass is 32.1. The van der Waals surface area contributed by atoms with Gasteiger partial charge in [0.1, 0.15) is 11.6 Å². The van der Waals surface area contributed by atoms with Crippen molar-refractivity contribution in [1.29, 1.82) is 0 Å². The van der Waals surface area contributed by atoms with Gasteiger partial charge in [0.25, 0.3) is 5.91 Å². The third-order valence-electron chi connectivity index (χ3n) is 3.52. The van der Waals surface area contributed by atoms with E-state index in [-0.39, 0.29) is 18.6 Å². The third-order valence-corrected chi connectivity index (χ3v) is 4.54. The number of amides is 1.